The first-order valence-electron chi connectivity index (χ1n) is 6.92. The summed E-state index contributed by atoms with van der Waals surface area (Å²) < 4.78 is 5.21. The van der Waals surface area contributed by atoms with E-state index in [9.17, 15) is 5.11 Å². The van der Waals surface area contributed by atoms with Crippen LogP contribution >= 0.6 is 11.8 Å². The lowest BCUT2D eigenvalue weighted by atomic mass is 10.1. The van der Waals surface area contributed by atoms with Crippen LogP contribution in [0.15, 0.2) is 18.2 Å². The zero-order chi connectivity index (χ0) is 13.7. The fourth-order valence-corrected chi connectivity index (χ4v) is 3.64. The van der Waals surface area contributed by atoms with Crippen molar-refractivity contribution >= 4 is 11.8 Å². The van der Waals surface area contributed by atoms with Crippen molar-refractivity contribution in [1.29, 1.82) is 0 Å². The lowest BCUT2D eigenvalue weighted by Gasteiger charge is -2.24. The third-order valence-electron chi connectivity index (χ3n) is 3.63. The molecule has 0 saturated carbocycles. The first kappa shape index (κ1) is 14.5. The smallest absolute Gasteiger partial charge is 0.120 e. The van der Waals surface area contributed by atoms with E-state index in [-0.39, 0.29) is 6.04 Å². The first-order valence-corrected chi connectivity index (χ1v) is 7.97. The van der Waals surface area contributed by atoms with Gasteiger partial charge in [0, 0.05) is 23.4 Å². The fraction of sp³-hybridized carbons (Fsp3) is 0.600. The summed E-state index contributed by atoms with van der Waals surface area (Å²) in [5, 5.41) is 14.2. The van der Waals surface area contributed by atoms with Gasteiger partial charge in [-0.3, -0.25) is 0 Å². The van der Waals surface area contributed by atoms with Crippen molar-refractivity contribution in [3.8, 4) is 11.5 Å². The van der Waals surface area contributed by atoms with Gasteiger partial charge in [0.2, 0.25) is 0 Å². The van der Waals surface area contributed by atoms with E-state index in [0.717, 1.165) is 17.9 Å². The van der Waals surface area contributed by atoms with E-state index < -0.39 is 0 Å². The number of nitrogens with one attached hydrogen (secondary N) is 1. The minimum absolute atomic E-state index is 0.137. The highest BCUT2D eigenvalue weighted by molar-refractivity contribution is 7.99. The number of hydrogen-bond acceptors (Lipinski definition) is 4. The highest BCUT2D eigenvalue weighted by atomic mass is 32.2. The van der Waals surface area contributed by atoms with Gasteiger partial charge < -0.3 is 15.2 Å². The molecular weight excluding hydrogens is 258 g/mol. The van der Waals surface area contributed by atoms with E-state index in [0.29, 0.717) is 11.0 Å². The summed E-state index contributed by atoms with van der Waals surface area (Å²) >= 11 is 2.06. The van der Waals surface area contributed by atoms with Gasteiger partial charge in [0.1, 0.15) is 11.5 Å². The van der Waals surface area contributed by atoms with Crippen LogP contribution in [-0.2, 0) is 0 Å². The van der Waals surface area contributed by atoms with Crippen molar-refractivity contribution in [2.45, 2.75) is 37.5 Å². The number of thioether (sulfide) groups is 1. The van der Waals surface area contributed by atoms with Gasteiger partial charge >= 0.3 is 0 Å². The third-order valence-corrected chi connectivity index (χ3v) is 5.03. The second-order valence-corrected chi connectivity index (χ2v) is 6.45. The topological polar surface area (TPSA) is 41.5 Å². The Hall–Kier alpha value is -0.870. The molecule has 0 aromatic heterocycles. The van der Waals surface area contributed by atoms with Gasteiger partial charge in [0.15, 0.2) is 0 Å². The molecule has 106 valence electrons. The Morgan fingerprint density at radius 1 is 1.47 bits per heavy atom. The quantitative estimate of drug-likeness (QED) is 0.868. The fourth-order valence-electron chi connectivity index (χ4n) is 2.39. The predicted octanol–water partition coefficient (Wildman–Crippen LogP) is 3.34. The summed E-state index contributed by atoms with van der Waals surface area (Å²) in [6.45, 7) is 3.09. The molecule has 0 radical (unpaired) electrons. The van der Waals surface area contributed by atoms with Crippen LogP contribution in [-0.4, -0.2) is 29.8 Å². The van der Waals surface area contributed by atoms with Gasteiger partial charge in [-0.25, -0.2) is 0 Å². The molecule has 1 aromatic rings. The van der Waals surface area contributed by atoms with Gasteiger partial charge in [-0.05, 0) is 43.7 Å². The van der Waals surface area contributed by atoms with Gasteiger partial charge in [0.05, 0.1) is 7.11 Å². The molecule has 2 atom stereocenters. The standard InChI is InChI=1S/C15H23NO2S/c1-11(16-10-13-5-3-4-8-19-13)14-9-12(18-2)6-7-15(14)17/h6-7,9,11,13,16-17H,3-5,8,10H2,1-2H3. The Labute approximate surface area is 119 Å². The van der Waals surface area contributed by atoms with E-state index >= 15 is 0 Å². The molecule has 4 heteroatoms. The Morgan fingerprint density at radius 2 is 2.32 bits per heavy atom. The molecule has 1 aliphatic rings. The van der Waals surface area contributed by atoms with Gasteiger partial charge in [0.25, 0.3) is 0 Å². The van der Waals surface area contributed by atoms with Crippen LogP contribution in [0.4, 0.5) is 0 Å². The van der Waals surface area contributed by atoms with Crippen LogP contribution in [0.2, 0.25) is 0 Å². The Balaban J connectivity index is 1.93. The number of phenols is 1. The maximum atomic E-state index is 9.94. The third kappa shape index (κ3) is 4.05. The summed E-state index contributed by atoms with van der Waals surface area (Å²) in [5.74, 6) is 2.40. The zero-order valence-electron chi connectivity index (χ0n) is 11.7. The monoisotopic (exact) mass is 281 g/mol. The van der Waals surface area contributed by atoms with E-state index in [1.165, 1.54) is 25.0 Å². The van der Waals surface area contributed by atoms with Crippen molar-refractivity contribution in [2.75, 3.05) is 19.4 Å². The van der Waals surface area contributed by atoms with E-state index in [1.54, 1.807) is 19.2 Å². The van der Waals surface area contributed by atoms with Crippen LogP contribution < -0.4 is 10.1 Å². The van der Waals surface area contributed by atoms with E-state index in [4.69, 9.17) is 4.74 Å². The molecule has 1 aromatic carbocycles. The number of methoxy groups -OCH3 is 1. The number of phenolic OH excluding ortho intramolecular Hbond substituents is 1. The molecule has 2 rings (SSSR count). The molecule has 2 unspecified atom stereocenters. The molecule has 1 aliphatic heterocycles. The molecule has 0 aliphatic carbocycles. The second kappa shape index (κ2) is 7.06. The van der Waals surface area contributed by atoms with Crippen LogP contribution in [0.25, 0.3) is 0 Å². The summed E-state index contributed by atoms with van der Waals surface area (Å²) in [6, 6.07) is 5.52. The average Bonchev–Trinajstić information content (AvgIpc) is 2.46. The van der Waals surface area contributed by atoms with Crippen molar-refractivity contribution < 1.29 is 9.84 Å². The molecule has 0 amide bonds. The predicted molar refractivity (Wildman–Crippen MR) is 81.2 cm³/mol. The number of rotatable bonds is 5. The lowest BCUT2D eigenvalue weighted by Crippen LogP contribution is -2.29. The van der Waals surface area contributed by atoms with Gasteiger partial charge in [-0.2, -0.15) is 11.8 Å². The minimum atomic E-state index is 0.137. The van der Waals surface area contributed by atoms with E-state index in [1.807, 2.05) is 6.07 Å². The lowest BCUT2D eigenvalue weighted by molar-refractivity contribution is 0.407. The molecule has 1 saturated heterocycles. The average molecular weight is 281 g/mol. The Kier molecular flexibility index (Phi) is 5.40. The molecule has 19 heavy (non-hydrogen) atoms. The summed E-state index contributed by atoms with van der Waals surface area (Å²) in [5.41, 5.74) is 0.903. The molecule has 2 N–H and O–H groups in total. The van der Waals surface area contributed by atoms with Crippen molar-refractivity contribution in [2.24, 2.45) is 0 Å². The van der Waals surface area contributed by atoms with Crippen molar-refractivity contribution in [1.82, 2.24) is 5.32 Å². The Morgan fingerprint density at radius 3 is 3.00 bits per heavy atom. The van der Waals surface area contributed by atoms with Crippen LogP contribution in [0.5, 0.6) is 11.5 Å². The summed E-state index contributed by atoms with van der Waals surface area (Å²) in [6.07, 6.45) is 4.00. The molecule has 1 fully saturated rings. The highest BCUT2D eigenvalue weighted by Gasteiger charge is 2.16. The maximum absolute atomic E-state index is 9.94. The molecular formula is C15H23NO2S. The number of hydrogen-bond donors (Lipinski definition) is 2. The van der Waals surface area contributed by atoms with Crippen LogP contribution in [0.1, 0.15) is 37.8 Å². The SMILES string of the molecule is COc1ccc(O)c(C(C)NCC2CCCCS2)c1. The summed E-state index contributed by atoms with van der Waals surface area (Å²) in [4.78, 5) is 0. The summed E-state index contributed by atoms with van der Waals surface area (Å²) in [7, 11) is 1.65. The maximum Gasteiger partial charge on any atom is 0.120 e. The highest BCUT2D eigenvalue weighted by Crippen LogP contribution is 2.29. The second-order valence-electron chi connectivity index (χ2n) is 5.04. The molecule has 0 spiro atoms. The first-order chi connectivity index (χ1) is 9.20. The minimum Gasteiger partial charge on any atom is -0.508 e. The largest absolute Gasteiger partial charge is 0.508 e. The van der Waals surface area contributed by atoms with Crippen molar-refractivity contribution in [3.63, 3.8) is 0 Å². The van der Waals surface area contributed by atoms with Crippen LogP contribution in [0, 0.1) is 0 Å². The van der Waals surface area contributed by atoms with E-state index in [2.05, 4.69) is 24.0 Å². The number of ether oxygens (including phenoxy) is 1. The number of aromatic hydroxyl groups is 1. The molecule has 1 heterocycles. The normalized spacial score (nSPS) is 21.1. The Bertz CT molecular complexity index is 405. The number of benzene rings is 1. The van der Waals surface area contributed by atoms with Gasteiger partial charge in [-0.15, -0.1) is 0 Å². The molecule has 0 bridgehead atoms. The van der Waals surface area contributed by atoms with Crippen molar-refractivity contribution in [3.05, 3.63) is 23.8 Å². The van der Waals surface area contributed by atoms with Crippen LogP contribution in [0.3, 0.4) is 0 Å². The zero-order valence-corrected chi connectivity index (χ0v) is 12.5. The van der Waals surface area contributed by atoms with Gasteiger partial charge in [-0.1, -0.05) is 6.42 Å². The molecule has 3 nitrogen and oxygen atoms in total.